The van der Waals surface area contributed by atoms with E-state index in [1.807, 2.05) is 84.9 Å². The highest BCUT2D eigenvalue weighted by Gasteiger charge is 2.13. The van der Waals surface area contributed by atoms with Gasteiger partial charge >= 0.3 is 0 Å². The Kier molecular flexibility index (Phi) is 4.86. The van der Waals surface area contributed by atoms with Crippen molar-refractivity contribution in [2.75, 3.05) is 0 Å². The molecule has 0 heterocycles. The topological polar surface area (TPSA) is 40.5 Å². The second-order valence-electron chi connectivity index (χ2n) is 6.13. The lowest BCUT2D eigenvalue weighted by molar-refractivity contribution is 0.476. The van der Waals surface area contributed by atoms with Crippen LogP contribution in [0.25, 0.3) is 22.3 Å². The zero-order chi connectivity index (χ0) is 18.6. The van der Waals surface area contributed by atoms with E-state index < -0.39 is 0 Å². The first-order valence-electron chi connectivity index (χ1n) is 8.66. The van der Waals surface area contributed by atoms with Gasteiger partial charge in [0.1, 0.15) is 11.5 Å². The number of hydrogen-bond donors (Lipinski definition) is 2. The van der Waals surface area contributed by atoms with Crippen LogP contribution in [-0.4, -0.2) is 10.2 Å². The Bertz CT molecular complexity index is 1000. The van der Waals surface area contributed by atoms with E-state index in [9.17, 15) is 10.2 Å². The normalized spacial score (nSPS) is 10.7. The Morgan fingerprint density at radius 3 is 1.15 bits per heavy atom. The Labute approximate surface area is 162 Å². The summed E-state index contributed by atoms with van der Waals surface area (Å²) < 4.78 is 0. The third kappa shape index (κ3) is 3.55. The number of hydrogen-bond acceptors (Lipinski definition) is 3. The van der Waals surface area contributed by atoms with Crippen LogP contribution in [0, 0.1) is 0 Å². The van der Waals surface area contributed by atoms with Gasteiger partial charge in [0.15, 0.2) is 0 Å². The van der Waals surface area contributed by atoms with Crippen LogP contribution in [0.5, 0.6) is 11.5 Å². The molecule has 0 radical (unpaired) electrons. The molecule has 0 aliphatic heterocycles. The molecule has 27 heavy (non-hydrogen) atoms. The van der Waals surface area contributed by atoms with Crippen LogP contribution in [0.15, 0.2) is 107 Å². The summed E-state index contributed by atoms with van der Waals surface area (Å²) in [5.74, 6) is 0.527. The second-order valence-corrected chi connectivity index (χ2v) is 7.21. The third-order valence-corrected chi connectivity index (χ3v) is 5.53. The first-order valence-corrected chi connectivity index (χ1v) is 9.48. The van der Waals surface area contributed by atoms with Crippen LogP contribution < -0.4 is 0 Å². The van der Waals surface area contributed by atoms with E-state index in [0.29, 0.717) is 0 Å². The molecule has 0 fully saturated rings. The van der Waals surface area contributed by atoms with Crippen molar-refractivity contribution in [2.45, 2.75) is 9.79 Å². The minimum Gasteiger partial charge on any atom is -0.507 e. The van der Waals surface area contributed by atoms with E-state index in [1.54, 1.807) is 23.9 Å². The van der Waals surface area contributed by atoms with E-state index in [-0.39, 0.29) is 11.5 Å². The van der Waals surface area contributed by atoms with Crippen LogP contribution >= 0.6 is 11.8 Å². The van der Waals surface area contributed by atoms with E-state index in [4.69, 9.17) is 0 Å². The standard InChI is InChI=1S/C24H18O2S/c25-21-13-5-1-9-17(21)19-11-3-7-15-23(19)27-24-16-8-4-12-20(24)18-10-2-6-14-22(18)26/h1-16,25-26H. The highest BCUT2D eigenvalue weighted by Crippen LogP contribution is 2.43. The minimum atomic E-state index is 0.263. The molecule has 2 nitrogen and oxygen atoms in total. The summed E-state index contributed by atoms with van der Waals surface area (Å²) in [7, 11) is 0. The van der Waals surface area contributed by atoms with Crippen molar-refractivity contribution in [1.82, 2.24) is 0 Å². The van der Waals surface area contributed by atoms with Crippen molar-refractivity contribution in [3.8, 4) is 33.8 Å². The van der Waals surface area contributed by atoms with Gasteiger partial charge in [-0.2, -0.15) is 0 Å². The summed E-state index contributed by atoms with van der Waals surface area (Å²) in [5, 5.41) is 20.6. The molecule has 0 aromatic heterocycles. The maximum atomic E-state index is 10.3. The van der Waals surface area contributed by atoms with Gasteiger partial charge < -0.3 is 10.2 Å². The quantitative estimate of drug-likeness (QED) is 0.426. The van der Waals surface area contributed by atoms with E-state index in [1.165, 1.54) is 0 Å². The Morgan fingerprint density at radius 2 is 0.741 bits per heavy atom. The smallest absolute Gasteiger partial charge is 0.123 e. The lowest BCUT2D eigenvalue weighted by Gasteiger charge is -2.14. The number of benzene rings is 4. The molecule has 0 aliphatic carbocycles. The van der Waals surface area contributed by atoms with Gasteiger partial charge in [-0.15, -0.1) is 0 Å². The van der Waals surface area contributed by atoms with E-state index in [0.717, 1.165) is 32.0 Å². The fourth-order valence-electron chi connectivity index (χ4n) is 3.08. The van der Waals surface area contributed by atoms with Crippen molar-refractivity contribution >= 4 is 11.8 Å². The van der Waals surface area contributed by atoms with Gasteiger partial charge in [-0.05, 0) is 35.4 Å². The maximum Gasteiger partial charge on any atom is 0.123 e. The zero-order valence-corrected chi connectivity index (χ0v) is 15.4. The van der Waals surface area contributed by atoms with Crippen molar-refractivity contribution in [1.29, 1.82) is 0 Å². The van der Waals surface area contributed by atoms with Gasteiger partial charge in [0.05, 0.1) is 0 Å². The van der Waals surface area contributed by atoms with Gasteiger partial charge in [-0.3, -0.25) is 0 Å². The lowest BCUT2D eigenvalue weighted by atomic mass is 10.0. The Hall–Kier alpha value is -3.17. The summed E-state index contributed by atoms with van der Waals surface area (Å²) in [6.45, 7) is 0. The average Bonchev–Trinajstić information content (AvgIpc) is 2.70. The molecule has 4 rings (SSSR count). The summed E-state index contributed by atoms with van der Waals surface area (Å²) >= 11 is 1.63. The molecule has 3 heteroatoms. The predicted molar refractivity (Wildman–Crippen MR) is 111 cm³/mol. The van der Waals surface area contributed by atoms with Crippen LogP contribution in [0.1, 0.15) is 0 Å². The molecule has 4 aromatic carbocycles. The Morgan fingerprint density at radius 1 is 0.407 bits per heavy atom. The van der Waals surface area contributed by atoms with Crippen molar-refractivity contribution in [3.05, 3.63) is 97.1 Å². The SMILES string of the molecule is Oc1ccccc1-c1ccccc1Sc1ccccc1-c1ccccc1O. The fourth-order valence-corrected chi connectivity index (χ4v) is 4.18. The highest BCUT2D eigenvalue weighted by molar-refractivity contribution is 7.99. The van der Waals surface area contributed by atoms with Crippen molar-refractivity contribution in [2.24, 2.45) is 0 Å². The Balaban J connectivity index is 1.80. The molecule has 0 bridgehead atoms. The van der Waals surface area contributed by atoms with Crippen LogP contribution in [-0.2, 0) is 0 Å². The summed E-state index contributed by atoms with van der Waals surface area (Å²) in [4.78, 5) is 2.09. The fraction of sp³-hybridized carbons (Fsp3) is 0. The molecule has 0 saturated carbocycles. The molecule has 132 valence electrons. The minimum absolute atomic E-state index is 0.263. The number of aromatic hydroxyl groups is 2. The molecule has 4 aromatic rings. The van der Waals surface area contributed by atoms with Gasteiger partial charge in [-0.1, -0.05) is 84.6 Å². The first-order chi connectivity index (χ1) is 13.2. The molecule has 0 spiro atoms. The van der Waals surface area contributed by atoms with Crippen LogP contribution in [0.4, 0.5) is 0 Å². The summed E-state index contributed by atoms with van der Waals surface area (Å²) in [6.07, 6.45) is 0. The monoisotopic (exact) mass is 370 g/mol. The predicted octanol–water partition coefficient (Wildman–Crippen LogP) is 6.58. The summed E-state index contributed by atoms with van der Waals surface area (Å²) in [6, 6.07) is 30.8. The largest absolute Gasteiger partial charge is 0.507 e. The van der Waals surface area contributed by atoms with Crippen LogP contribution in [0.3, 0.4) is 0 Å². The maximum absolute atomic E-state index is 10.3. The molecular formula is C24H18O2S. The summed E-state index contributed by atoms with van der Waals surface area (Å²) in [5.41, 5.74) is 3.57. The second kappa shape index (κ2) is 7.60. The number of phenols is 2. The molecular weight excluding hydrogens is 352 g/mol. The molecule has 0 saturated heterocycles. The third-order valence-electron chi connectivity index (χ3n) is 4.38. The van der Waals surface area contributed by atoms with Gasteiger partial charge in [0.2, 0.25) is 0 Å². The zero-order valence-electron chi connectivity index (χ0n) is 14.5. The first kappa shape index (κ1) is 17.3. The van der Waals surface area contributed by atoms with E-state index in [2.05, 4.69) is 0 Å². The average molecular weight is 370 g/mol. The highest BCUT2D eigenvalue weighted by atomic mass is 32.2. The molecule has 0 unspecified atom stereocenters. The molecule has 0 atom stereocenters. The van der Waals surface area contributed by atoms with Crippen LogP contribution in [0.2, 0.25) is 0 Å². The number of rotatable bonds is 4. The van der Waals surface area contributed by atoms with Gasteiger partial charge in [-0.25, -0.2) is 0 Å². The molecule has 2 N–H and O–H groups in total. The van der Waals surface area contributed by atoms with E-state index >= 15 is 0 Å². The number of para-hydroxylation sites is 2. The number of phenolic OH excluding ortho intramolecular Hbond substituents is 2. The van der Waals surface area contributed by atoms with Gasteiger partial charge in [0, 0.05) is 20.9 Å². The molecule has 0 aliphatic rings. The van der Waals surface area contributed by atoms with Crippen molar-refractivity contribution < 1.29 is 10.2 Å². The van der Waals surface area contributed by atoms with Gasteiger partial charge in [0.25, 0.3) is 0 Å². The lowest BCUT2D eigenvalue weighted by Crippen LogP contribution is -1.86. The van der Waals surface area contributed by atoms with Crippen molar-refractivity contribution in [3.63, 3.8) is 0 Å². The molecule has 0 amide bonds.